The van der Waals surface area contributed by atoms with Gasteiger partial charge in [0.25, 0.3) is 5.56 Å². The third-order valence-electron chi connectivity index (χ3n) is 8.68. The zero-order valence-electron chi connectivity index (χ0n) is 23.1. The molecule has 6 nitrogen and oxygen atoms in total. The molecule has 0 bridgehead atoms. The maximum Gasteiger partial charge on any atom is 0.274 e. The summed E-state index contributed by atoms with van der Waals surface area (Å²) >= 11 is 12.9. The van der Waals surface area contributed by atoms with Gasteiger partial charge in [0, 0.05) is 42.8 Å². The lowest BCUT2D eigenvalue weighted by molar-refractivity contribution is -0.125. The van der Waals surface area contributed by atoms with Crippen molar-refractivity contribution >= 4 is 29.1 Å². The Morgan fingerprint density at radius 2 is 1.88 bits per heavy atom. The van der Waals surface area contributed by atoms with Crippen molar-refractivity contribution in [1.82, 2.24) is 19.9 Å². The number of benzene rings is 1. The summed E-state index contributed by atoms with van der Waals surface area (Å²) in [5.74, 6) is -0.398. The molecule has 3 aromatic heterocycles. The number of carbonyl (C=O) groups excluding carboxylic acids is 1. The predicted octanol–water partition coefficient (Wildman–Crippen LogP) is 6.87. The monoisotopic (exact) mass is 590 g/mol. The van der Waals surface area contributed by atoms with Gasteiger partial charge in [0.15, 0.2) is 0 Å². The maximum absolute atomic E-state index is 15.9. The van der Waals surface area contributed by atoms with Gasteiger partial charge < -0.3 is 5.32 Å². The molecule has 1 N–H and O–H groups in total. The van der Waals surface area contributed by atoms with Crippen LogP contribution in [0.5, 0.6) is 0 Å². The number of hydrogen-bond acceptors (Lipinski definition) is 4. The first-order valence-electron chi connectivity index (χ1n) is 13.6. The number of rotatable bonds is 6. The molecule has 1 aromatic carbocycles. The summed E-state index contributed by atoms with van der Waals surface area (Å²) in [6, 6.07) is 10.8. The predicted molar refractivity (Wildman–Crippen MR) is 159 cm³/mol. The van der Waals surface area contributed by atoms with Gasteiger partial charge in [-0.15, -0.1) is 0 Å². The van der Waals surface area contributed by atoms with Crippen LogP contribution in [0, 0.1) is 25.1 Å². The van der Waals surface area contributed by atoms with Crippen LogP contribution >= 0.6 is 23.2 Å². The summed E-state index contributed by atoms with van der Waals surface area (Å²) in [6.07, 6.45) is 6.48. The summed E-state index contributed by atoms with van der Waals surface area (Å²) in [4.78, 5) is 34.7. The van der Waals surface area contributed by atoms with Gasteiger partial charge in [-0.1, -0.05) is 42.3 Å². The van der Waals surface area contributed by atoms with Crippen LogP contribution in [0.15, 0.2) is 59.8 Å². The third-order valence-corrected chi connectivity index (χ3v) is 9.27. The van der Waals surface area contributed by atoms with Crippen molar-refractivity contribution in [2.24, 2.45) is 5.41 Å². The summed E-state index contributed by atoms with van der Waals surface area (Å²) < 4.78 is 17.5. The molecule has 2 aliphatic carbocycles. The van der Waals surface area contributed by atoms with Gasteiger partial charge in [0.2, 0.25) is 5.91 Å². The van der Waals surface area contributed by atoms with Crippen LogP contribution in [0.4, 0.5) is 4.39 Å². The number of aromatic nitrogens is 3. The zero-order valence-corrected chi connectivity index (χ0v) is 24.6. The van der Waals surface area contributed by atoms with Crippen molar-refractivity contribution in [3.63, 3.8) is 0 Å². The van der Waals surface area contributed by atoms with Crippen molar-refractivity contribution in [2.75, 3.05) is 7.05 Å². The second-order valence-corrected chi connectivity index (χ2v) is 12.2. The highest BCUT2D eigenvalue weighted by molar-refractivity contribution is 6.31. The Balaban J connectivity index is 1.36. The third kappa shape index (κ3) is 4.65. The fourth-order valence-corrected chi connectivity index (χ4v) is 6.58. The molecule has 41 heavy (non-hydrogen) atoms. The lowest BCUT2D eigenvalue weighted by atomic mass is 9.97. The van der Waals surface area contributed by atoms with Gasteiger partial charge in [-0.2, -0.15) is 0 Å². The molecule has 2 fully saturated rings. The Kier molecular flexibility index (Phi) is 6.78. The van der Waals surface area contributed by atoms with E-state index in [0.717, 1.165) is 28.8 Å². The average Bonchev–Trinajstić information content (AvgIpc) is 3.88. The first-order chi connectivity index (χ1) is 19.5. The Bertz CT molecular complexity index is 1790. The molecule has 0 radical (unpaired) electrons. The molecule has 0 saturated heterocycles. The summed E-state index contributed by atoms with van der Waals surface area (Å²) in [5.41, 5.74) is 4.15. The number of nitrogens with zero attached hydrogens (tertiary/aromatic N) is 3. The van der Waals surface area contributed by atoms with Crippen LogP contribution < -0.4 is 10.9 Å². The maximum atomic E-state index is 15.9. The van der Waals surface area contributed by atoms with E-state index in [2.05, 4.69) is 15.3 Å². The van der Waals surface area contributed by atoms with Gasteiger partial charge in [0.1, 0.15) is 10.8 Å². The van der Waals surface area contributed by atoms with E-state index in [0.29, 0.717) is 34.0 Å². The molecule has 4 atom stereocenters. The second kappa shape index (κ2) is 10.1. The lowest BCUT2D eigenvalue weighted by Gasteiger charge is -2.17. The molecule has 210 valence electrons. The van der Waals surface area contributed by atoms with Gasteiger partial charge in [-0.05, 0) is 85.0 Å². The first-order valence-corrected chi connectivity index (χ1v) is 14.3. The lowest BCUT2D eigenvalue weighted by Crippen LogP contribution is -2.27. The van der Waals surface area contributed by atoms with Crippen LogP contribution in [0.3, 0.4) is 0 Å². The van der Waals surface area contributed by atoms with Crippen LogP contribution in [0.2, 0.25) is 10.0 Å². The minimum absolute atomic E-state index is 0.0972. The molecule has 0 aliphatic heterocycles. The van der Waals surface area contributed by atoms with Crippen molar-refractivity contribution < 1.29 is 9.18 Å². The van der Waals surface area contributed by atoms with Crippen LogP contribution in [-0.2, 0) is 4.79 Å². The number of hydrogen-bond donors (Lipinski definition) is 1. The smallest absolute Gasteiger partial charge is 0.274 e. The fourth-order valence-electron chi connectivity index (χ4n) is 6.12. The largest absolute Gasteiger partial charge is 0.359 e. The zero-order chi connectivity index (χ0) is 29.2. The SMILES string of the molecule is CNC(=O)C1(C)CC1c1cccc(-c2cc(-n3c(C)cc([C@H]4C[C@@H]4c4cncc(Cl)c4)c(Cl)c3=O)c(C)cn2)c1F. The minimum atomic E-state index is -0.632. The molecule has 1 amide bonds. The highest BCUT2D eigenvalue weighted by Crippen LogP contribution is 2.60. The van der Waals surface area contributed by atoms with E-state index in [-0.39, 0.29) is 34.2 Å². The number of amides is 1. The van der Waals surface area contributed by atoms with Crippen LogP contribution in [0.25, 0.3) is 16.9 Å². The molecule has 2 unspecified atom stereocenters. The van der Waals surface area contributed by atoms with E-state index in [1.54, 1.807) is 54.5 Å². The molecular weight excluding hydrogens is 562 g/mol. The summed E-state index contributed by atoms with van der Waals surface area (Å²) in [6.45, 7) is 5.57. The van der Waals surface area contributed by atoms with Crippen molar-refractivity contribution in [2.45, 2.75) is 51.4 Å². The van der Waals surface area contributed by atoms with E-state index >= 15 is 4.39 Å². The highest BCUT2D eigenvalue weighted by atomic mass is 35.5. The highest BCUT2D eigenvalue weighted by Gasteiger charge is 2.57. The van der Waals surface area contributed by atoms with E-state index in [1.807, 2.05) is 32.9 Å². The van der Waals surface area contributed by atoms with Gasteiger partial charge in [0.05, 0.1) is 21.8 Å². The normalized spacial score (nSPS) is 22.9. The number of aryl methyl sites for hydroxylation is 2. The van der Waals surface area contributed by atoms with Crippen molar-refractivity contribution in [1.29, 1.82) is 0 Å². The number of carbonyl (C=O) groups is 1. The molecule has 9 heteroatoms. The van der Waals surface area contributed by atoms with E-state index in [9.17, 15) is 9.59 Å². The molecular formula is C32H29Cl2FN4O2. The van der Waals surface area contributed by atoms with Crippen LogP contribution in [-0.4, -0.2) is 27.5 Å². The number of nitrogens with one attached hydrogen (secondary N) is 1. The van der Waals surface area contributed by atoms with Gasteiger partial charge >= 0.3 is 0 Å². The number of pyridine rings is 3. The second-order valence-electron chi connectivity index (χ2n) is 11.4. The average molecular weight is 592 g/mol. The van der Waals surface area contributed by atoms with Gasteiger partial charge in [-0.25, -0.2) is 4.39 Å². The Morgan fingerprint density at radius 3 is 2.61 bits per heavy atom. The van der Waals surface area contributed by atoms with Gasteiger partial charge in [-0.3, -0.25) is 24.1 Å². The molecule has 3 heterocycles. The summed E-state index contributed by atoms with van der Waals surface area (Å²) in [7, 11) is 1.59. The van der Waals surface area contributed by atoms with Crippen LogP contribution in [0.1, 0.15) is 65.5 Å². The molecule has 2 aliphatic rings. The van der Waals surface area contributed by atoms with Crippen molar-refractivity contribution in [3.8, 4) is 16.9 Å². The molecule has 6 rings (SSSR count). The fraction of sp³-hybridized carbons (Fsp3) is 0.312. The quantitative estimate of drug-likeness (QED) is 0.266. The first kappa shape index (κ1) is 27.6. The molecule has 4 aromatic rings. The summed E-state index contributed by atoms with van der Waals surface area (Å²) in [5, 5.41) is 3.43. The Hall–Kier alpha value is -3.55. The minimum Gasteiger partial charge on any atom is -0.359 e. The van der Waals surface area contributed by atoms with Crippen molar-refractivity contribution in [3.05, 3.63) is 109 Å². The standard InChI is InChI=1S/C32H29Cl2FN4O2/c1-16-13-38-26(21-7-5-6-20(29(21)35)25-12-32(25,3)31(41)36-4)11-27(16)39-17(2)8-24(28(34)30(39)40)23-10-22(23)18-9-19(33)15-37-14-18/h5-9,11,13-15,22-23,25H,10,12H2,1-4H3,(H,36,41)/t22-,23+,25?,32?/m1/s1. The molecule has 2 saturated carbocycles. The van der Waals surface area contributed by atoms with E-state index < -0.39 is 11.2 Å². The number of halogens is 3. The van der Waals surface area contributed by atoms with E-state index in [4.69, 9.17) is 23.2 Å². The molecule has 0 spiro atoms. The Morgan fingerprint density at radius 1 is 1.10 bits per heavy atom. The Labute approximate surface area is 247 Å². The topological polar surface area (TPSA) is 76.9 Å². The van der Waals surface area contributed by atoms with E-state index in [1.165, 1.54) is 0 Å².